The van der Waals surface area contributed by atoms with Crippen LogP contribution in [0.5, 0.6) is 0 Å². The van der Waals surface area contributed by atoms with Crippen molar-refractivity contribution in [3.05, 3.63) is 23.3 Å². The van der Waals surface area contributed by atoms with Crippen LogP contribution in [0.4, 0.5) is 5.69 Å². The number of rotatable bonds is 0. The second-order valence-electron chi connectivity index (χ2n) is 2.81. The zero-order valence-electron chi connectivity index (χ0n) is 6.73. The summed E-state index contributed by atoms with van der Waals surface area (Å²) in [5, 5.41) is 0. The van der Waals surface area contributed by atoms with Crippen molar-refractivity contribution in [2.24, 2.45) is 0 Å². The summed E-state index contributed by atoms with van der Waals surface area (Å²) < 4.78 is 0. The Morgan fingerprint density at radius 3 is 2.00 bits per heavy atom. The van der Waals surface area contributed by atoms with Gasteiger partial charge in [-0.2, -0.15) is 0 Å². The van der Waals surface area contributed by atoms with E-state index in [1.54, 1.807) is 0 Å². The van der Waals surface area contributed by atoms with Crippen molar-refractivity contribution in [1.82, 2.24) is 0 Å². The van der Waals surface area contributed by atoms with Gasteiger partial charge in [-0.05, 0) is 25.0 Å². The molecule has 0 aliphatic carbocycles. The standard InChI is InChI=1S/C8H12BN/c1-5-3-7(9)4-6(2)8(5)10/h3-4H,9-10H2,1-2H3. The molecule has 0 bridgehead atoms. The smallest absolute Gasteiger partial charge is 0.139 e. The highest BCUT2D eigenvalue weighted by Gasteiger charge is 1.96. The molecular weight excluding hydrogens is 121 g/mol. The fourth-order valence-electron chi connectivity index (χ4n) is 1.19. The maximum absolute atomic E-state index is 5.75. The van der Waals surface area contributed by atoms with E-state index in [0.29, 0.717) is 0 Å². The largest absolute Gasteiger partial charge is 0.398 e. The molecule has 52 valence electrons. The van der Waals surface area contributed by atoms with Crippen LogP contribution in [0.15, 0.2) is 12.1 Å². The Morgan fingerprint density at radius 2 is 1.60 bits per heavy atom. The fourth-order valence-corrected chi connectivity index (χ4v) is 1.19. The summed E-state index contributed by atoms with van der Waals surface area (Å²) in [5.74, 6) is 0. The molecule has 10 heavy (non-hydrogen) atoms. The number of hydrogen-bond donors (Lipinski definition) is 1. The quantitative estimate of drug-likeness (QED) is 0.395. The first kappa shape index (κ1) is 7.20. The van der Waals surface area contributed by atoms with E-state index in [9.17, 15) is 0 Å². The van der Waals surface area contributed by atoms with Crippen LogP contribution in [-0.2, 0) is 0 Å². The third-order valence-corrected chi connectivity index (χ3v) is 1.74. The van der Waals surface area contributed by atoms with Crippen LogP contribution in [0.25, 0.3) is 0 Å². The lowest BCUT2D eigenvalue weighted by Gasteiger charge is -2.04. The second-order valence-corrected chi connectivity index (χ2v) is 2.81. The third kappa shape index (κ3) is 1.15. The number of nitrogens with two attached hydrogens (primary N) is 1. The normalized spacial score (nSPS) is 9.80. The Balaban J connectivity index is 3.31. The van der Waals surface area contributed by atoms with E-state index in [0.717, 1.165) is 5.69 Å². The van der Waals surface area contributed by atoms with E-state index in [1.807, 2.05) is 13.8 Å². The SMILES string of the molecule is Bc1cc(C)c(N)c(C)c1. The summed E-state index contributed by atoms with van der Waals surface area (Å²) in [6.07, 6.45) is 0. The monoisotopic (exact) mass is 133 g/mol. The molecule has 0 aliphatic rings. The summed E-state index contributed by atoms with van der Waals surface area (Å²) in [4.78, 5) is 0. The van der Waals surface area contributed by atoms with Gasteiger partial charge >= 0.3 is 0 Å². The van der Waals surface area contributed by atoms with Gasteiger partial charge < -0.3 is 5.73 Å². The van der Waals surface area contributed by atoms with Gasteiger partial charge in [0, 0.05) is 5.69 Å². The molecular formula is C8H12BN. The fraction of sp³-hybridized carbons (Fsp3) is 0.250. The Labute approximate surface area is 62.7 Å². The van der Waals surface area contributed by atoms with Gasteiger partial charge in [0.05, 0.1) is 0 Å². The Kier molecular flexibility index (Phi) is 1.71. The summed E-state index contributed by atoms with van der Waals surface area (Å²) in [7, 11) is 2.08. The molecule has 0 saturated carbocycles. The average molecular weight is 133 g/mol. The number of benzene rings is 1. The molecule has 0 amide bonds. The van der Waals surface area contributed by atoms with Crippen LogP contribution in [0, 0.1) is 13.8 Å². The second kappa shape index (κ2) is 2.37. The van der Waals surface area contributed by atoms with Crippen LogP contribution in [-0.4, -0.2) is 7.85 Å². The maximum atomic E-state index is 5.75. The van der Waals surface area contributed by atoms with E-state index in [1.165, 1.54) is 16.6 Å². The van der Waals surface area contributed by atoms with E-state index in [-0.39, 0.29) is 0 Å². The van der Waals surface area contributed by atoms with Crippen molar-refractivity contribution in [1.29, 1.82) is 0 Å². The molecule has 0 heterocycles. The van der Waals surface area contributed by atoms with Crippen molar-refractivity contribution >= 4 is 19.0 Å². The summed E-state index contributed by atoms with van der Waals surface area (Å²) in [5.41, 5.74) is 10.3. The minimum Gasteiger partial charge on any atom is -0.398 e. The zero-order chi connectivity index (χ0) is 7.72. The average Bonchev–Trinajstić information content (AvgIpc) is 1.82. The zero-order valence-corrected chi connectivity index (χ0v) is 6.73. The first-order valence-electron chi connectivity index (χ1n) is 3.44. The summed E-state index contributed by atoms with van der Waals surface area (Å²) >= 11 is 0. The van der Waals surface area contributed by atoms with E-state index >= 15 is 0 Å². The van der Waals surface area contributed by atoms with Gasteiger partial charge in [0.2, 0.25) is 0 Å². The van der Waals surface area contributed by atoms with Crippen LogP contribution in [0.3, 0.4) is 0 Å². The Bertz CT molecular complexity index is 232. The van der Waals surface area contributed by atoms with Gasteiger partial charge in [-0.1, -0.05) is 17.6 Å². The number of aryl methyl sites for hydroxylation is 2. The van der Waals surface area contributed by atoms with Gasteiger partial charge in [-0.3, -0.25) is 0 Å². The molecule has 2 N–H and O–H groups in total. The molecule has 1 aromatic rings. The van der Waals surface area contributed by atoms with Gasteiger partial charge in [0.1, 0.15) is 7.85 Å². The molecule has 0 radical (unpaired) electrons. The molecule has 0 spiro atoms. The predicted molar refractivity (Wildman–Crippen MR) is 48.5 cm³/mol. The van der Waals surface area contributed by atoms with Crippen molar-refractivity contribution < 1.29 is 0 Å². The Morgan fingerprint density at radius 1 is 1.20 bits per heavy atom. The molecule has 0 atom stereocenters. The van der Waals surface area contributed by atoms with Gasteiger partial charge in [0.25, 0.3) is 0 Å². The molecule has 1 rings (SSSR count). The maximum Gasteiger partial charge on any atom is 0.139 e. The molecule has 0 fully saturated rings. The van der Waals surface area contributed by atoms with Crippen molar-refractivity contribution in [3.8, 4) is 0 Å². The number of hydrogen-bond acceptors (Lipinski definition) is 1. The first-order chi connectivity index (χ1) is 4.61. The van der Waals surface area contributed by atoms with Crippen LogP contribution < -0.4 is 11.2 Å². The molecule has 0 aromatic heterocycles. The molecule has 0 aliphatic heterocycles. The van der Waals surface area contributed by atoms with Crippen molar-refractivity contribution in [2.45, 2.75) is 13.8 Å². The van der Waals surface area contributed by atoms with Crippen LogP contribution in [0.2, 0.25) is 0 Å². The van der Waals surface area contributed by atoms with Crippen LogP contribution in [0.1, 0.15) is 11.1 Å². The third-order valence-electron chi connectivity index (χ3n) is 1.74. The summed E-state index contributed by atoms with van der Waals surface area (Å²) in [6.45, 7) is 4.07. The highest BCUT2D eigenvalue weighted by Crippen LogP contribution is 2.12. The molecule has 1 aromatic carbocycles. The predicted octanol–water partition coefficient (Wildman–Crippen LogP) is 0.144. The molecule has 1 nitrogen and oxygen atoms in total. The van der Waals surface area contributed by atoms with Crippen LogP contribution >= 0.6 is 0 Å². The lowest BCUT2D eigenvalue weighted by atomic mass is 9.92. The van der Waals surface area contributed by atoms with E-state index in [2.05, 4.69) is 20.0 Å². The lowest BCUT2D eigenvalue weighted by molar-refractivity contribution is 1.41. The van der Waals surface area contributed by atoms with E-state index in [4.69, 9.17) is 5.73 Å². The lowest BCUT2D eigenvalue weighted by Crippen LogP contribution is -2.06. The minimum absolute atomic E-state index is 0.922. The Hall–Kier alpha value is -0.915. The van der Waals surface area contributed by atoms with E-state index < -0.39 is 0 Å². The molecule has 0 unspecified atom stereocenters. The highest BCUT2D eigenvalue weighted by atomic mass is 14.6. The topological polar surface area (TPSA) is 26.0 Å². The van der Waals surface area contributed by atoms with Gasteiger partial charge in [-0.15, -0.1) is 0 Å². The molecule has 0 saturated heterocycles. The minimum atomic E-state index is 0.922. The summed E-state index contributed by atoms with van der Waals surface area (Å²) in [6, 6.07) is 4.20. The number of anilines is 1. The first-order valence-corrected chi connectivity index (χ1v) is 3.44. The van der Waals surface area contributed by atoms with Gasteiger partial charge in [-0.25, -0.2) is 0 Å². The van der Waals surface area contributed by atoms with Crippen molar-refractivity contribution in [2.75, 3.05) is 5.73 Å². The molecule has 2 heteroatoms. The van der Waals surface area contributed by atoms with Crippen molar-refractivity contribution in [3.63, 3.8) is 0 Å². The number of nitrogen functional groups attached to an aromatic ring is 1. The highest BCUT2D eigenvalue weighted by molar-refractivity contribution is 6.32. The van der Waals surface area contributed by atoms with Gasteiger partial charge in [0.15, 0.2) is 0 Å².